The maximum Gasteiger partial charge on any atom is 0.350 e. The minimum absolute atomic E-state index is 0.00174. The number of amides is 1. The number of ketones is 1. The van der Waals surface area contributed by atoms with Gasteiger partial charge in [0.25, 0.3) is 5.78 Å². The number of aliphatic hydroxyl groups excluding tert-OH is 1. The van der Waals surface area contributed by atoms with Crippen LogP contribution in [0.25, 0.3) is 5.76 Å². The molecule has 1 saturated heterocycles. The number of nitrogens with zero attached hydrogens (tertiary/aromatic N) is 2. The van der Waals surface area contributed by atoms with E-state index in [2.05, 4.69) is 11.6 Å². The van der Waals surface area contributed by atoms with Gasteiger partial charge in [-0.15, -0.1) is 0 Å². The largest absolute Gasteiger partial charge is 0.507 e. The molecule has 0 aliphatic carbocycles. The number of aliphatic hydroxyl groups is 1. The fourth-order valence-corrected chi connectivity index (χ4v) is 4.97. The van der Waals surface area contributed by atoms with Crippen molar-refractivity contribution >= 4 is 39.9 Å². The van der Waals surface area contributed by atoms with Crippen LogP contribution in [0.5, 0.6) is 5.75 Å². The lowest BCUT2D eigenvalue weighted by Crippen LogP contribution is -2.29. The Morgan fingerprint density at radius 1 is 1.24 bits per heavy atom. The van der Waals surface area contributed by atoms with Crippen LogP contribution in [0.15, 0.2) is 66.8 Å². The number of rotatable bonds is 9. The van der Waals surface area contributed by atoms with E-state index in [9.17, 15) is 23.9 Å². The summed E-state index contributed by atoms with van der Waals surface area (Å²) >= 11 is 0.897. The number of ether oxygens (including phenoxy) is 2. The molecule has 1 aliphatic rings. The van der Waals surface area contributed by atoms with Gasteiger partial charge in [0.15, 0.2) is 5.13 Å². The fourth-order valence-electron chi connectivity index (χ4n) is 3.98. The predicted octanol–water partition coefficient (Wildman–Crippen LogP) is 5.35. The fraction of sp³-hybridized carbons (Fsp3) is 0.214. The van der Waals surface area contributed by atoms with Crippen LogP contribution < -0.4 is 9.64 Å². The maximum absolute atomic E-state index is 13.5. The molecule has 3 aromatic rings. The molecule has 0 radical (unpaired) electrons. The Labute approximate surface area is 222 Å². The van der Waals surface area contributed by atoms with Gasteiger partial charge >= 0.3 is 11.9 Å². The van der Waals surface area contributed by atoms with Crippen molar-refractivity contribution in [3.63, 3.8) is 0 Å². The van der Waals surface area contributed by atoms with Crippen LogP contribution in [0.1, 0.15) is 45.9 Å². The van der Waals surface area contributed by atoms with E-state index in [-0.39, 0.29) is 27.8 Å². The van der Waals surface area contributed by atoms with Crippen LogP contribution in [-0.4, -0.2) is 41.0 Å². The number of esters is 1. The van der Waals surface area contributed by atoms with Crippen molar-refractivity contribution < 1.29 is 33.4 Å². The lowest BCUT2D eigenvalue weighted by molar-refractivity contribution is -0.132. The number of Topliss-reactive ketones (excluding diaryl/α,β-unsaturated/α-hetero) is 1. The van der Waals surface area contributed by atoms with Gasteiger partial charge in [-0.2, -0.15) is 0 Å². The third-order valence-corrected chi connectivity index (χ3v) is 6.85. The van der Waals surface area contributed by atoms with Crippen LogP contribution in [0.2, 0.25) is 0 Å². The van der Waals surface area contributed by atoms with Crippen molar-refractivity contribution in [1.29, 1.82) is 0 Å². The first kappa shape index (κ1) is 26.7. The normalized spacial score (nSPS) is 16.5. The van der Waals surface area contributed by atoms with Gasteiger partial charge in [0.05, 0.1) is 23.9 Å². The molecule has 196 valence electrons. The van der Waals surface area contributed by atoms with Gasteiger partial charge < -0.3 is 14.6 Å². The second kappa shape index (κ2) is 11.4. The molecule has 2 heterocycles. The minimum Gasteiger partial charge on any atom is -0.507 e. The van der Waals surface area contributed by atoms with Crippen molar-refractivity contribution in [2.45, 2.75) is 26.3 Å². The summed E-state index contributed by atoms with van der Waals surface area (Å²) in [5.41, 5.74) is 0.762. The van der Waals surface area contributed by atoms with Crippen LogP contribution >= 0.6 is 11.3 Å². The van der Waals surface area contributed by atoms with Crippen LogP contribution in [0.3, 0.4) is 0 Å². The van der Waals surface area contributed by atoms with Gasteiger partial charge in [-0.3, -0.25) is 14.5 Å². The first-order chi connectivity index (χ1) is 18.3. The number of aromatic nitrogens is 1. The Balaban J connectivity index is 1.88. The predicted molar refractivity (Wildman–Crippen MR) is 141 cm³/mol. The first-order valence-electron chi connectivity index (χ1n) is 11.8. The van der Waals surface area contributed by atoms with Crippen molar-refractivity contribution in [1.82, 2.24) is 4.98 Å². The lowest BCUT2D eigenvalue weighted by atomic mass is 9.95. The van der Waals surface area contributed by atoms with Crippen LogP contribution in [0.4, 0.5) is 9.52 Å². The van der Waals surface area contributed by atoms with E-state index in [4.69, 9.17) is 9.47 Å². The molecule has 1 N–H and O–H groups in total. The highest BCUT2D eigenvalue weighted by atomic mass is 32.1. The van der Waals surface area contributed by atoms with E-state index < -0.39 is 35.3 Å². The molecule has 0 saturated carbocycles. The summed E-state index contributed by atoms with van der Waals surface area (Å²) in [7, 11) is 0. The topological polar surface area (TPSA) is 106 Å². The average molecular weight is 537 g/mol. The summed E-state index contributed by atoms with van der Waals surface area (Å²) in [5, 5.41) is 11.3. The Kier molecular flexibility index (Phi) is 8.02. The van der Waals surface area contributed by atoms with Gasteiger partial charge in [0.2, 0.25) is 0 Å². The number of thiazole rings is 1. The second-order valence-corrected chi connectivity index (χ2v) is 9.37. The number of carbonyl (C=O) groups is 3. The number of carbonyl (C=O) groups excluding carboxylic acids is 3. The number of aryl methyl sites for hydroxylation is 1. The molecule has 1 aromatic heterocycles. The Hall–Kier alpha value is -4.31. The minimum atomic E-state index is -1.09. The highest BCUT2D eigenvalue weighted by molar-refractivity contribution is 7.17. The molecule has 10 heteroatoms. The molecule has 38 heavy (non-hydrogen) atoms. The van der Waals surface area contributed by atoms with Crippen molar-refractivity contribution in [3.8, 4) is 5.75 Å². The number of halogens is 1. The molecule has 1 aliphatic heterocycles. The van der Waals surface area contributed by atoms with Crippen molar-refractivity contribution in [3.05, 3.63) is 94.3 Å². The third kappa shape index (κ3) is 5.21. The smallest absolute Gasteiger partial charge is 0.350 e. The number of hydrogen-bond acceptors (Lipinski definition) is 8. The quantitative estimate of drug-likeness (QED) is 0.129. The van der Waals surface area contributed by atoms with Crippen LogP contribution in [-0.2, 0) is 14.3 Å². The zero-order chi connectivity index (χ0) is 27.4. The van der Waals surface area contributed by atoms with E-state index in [1.165, 1.54) is 18.2 Å². The maximum atomic E-state index is 13.5. The number of benzene rings is 2. The van der Waals surface area contributed by atoms with Crippen LogP contribution in [0, 0.1) is 12.7 Å². The molecule has 1 unspecified atom stereocenters. The summed E-state index contributed by atoms with van der Waals surface area (Å²) in [6.07, 6.45) is 2.20. The Morgan fingerprint density at radius 3 is 2.66 bits per heavy atom. The molecule has 0 spiro atoms. The highest BCUT2D eigenvalue weighted by Crippen LogP contribution is 2.44. The van der Waals surface area contributed by atoms with Gasteiger partial charge in [-0.1, -0.05) is 43.0 Å². The molecule has 0 bridgehead atoms. The standard InChI is InChI=1S/C28H25FN2O6S/c1-4-13-36-20-8-6-7-18(15-20)22-21(23(32)17-9-11-19(29)12-10-17)24(33)26(34)31(22)28-30-16(3)25(38-28)27(35)37-14-5-2/h5-12,15,22,32H,2,4,13-14H2,1,3H3. The van der Waals surface area contributed by atoms with E-state index in [0.29, 0.717) is 23.6 Å². The lowest BCUT2D eigenvalue weighted by Gasteiger charge is -2.23. The summed E-state index contributed by atoms with van der Waals surface area (Å²) in [6, 6.07) is 10.7. The SMILES string of the molecule is C=CCOC(=O)c1sc(N2C(=O)C(=O)C(=C(O)c3ccc(F)cc3)C2c2cccc(OCCC)c2)nc1C. The van der Waals surface area contributed by atoms with E-state index >= 15 is 0 Å². The highest BCUT2D eigenvalue weighted by Gasteiger charge is 2.48. The summed E-state index contributed by atoms with van der Waals surface area (Å²) in [4.78, 5) is 44.9. The van der Waals surface area contributed by atoms with E-state index in [1.807, 2.05) is 6.92 Å². The molecule has 1 fully saturated rings. The van der Waals surface area contributed by atoms with Crippen molar-refractivity contribution in [2.24, 2.45) is 0 Å². The van der Waals surface area contributed by atoms with E-state index in [0.717, 1.165) is 34.8 Å². The Morgan fingerprint density at radius 2 is 1.97 bits per heavy atom. The molecule has 1 amide bonds. The monoisotopic (exact) mass is 536 g/mol. The van der Waals surface area contributed by atoms with Crippen molar-refractivity contribution in [2.75, 3.05) is 18.1 Å². The molecule has 2 aromatic carbocycles. The molecular formula is C28H25FN2O6S. The average Bonchev–Trinajstić information content (AvgIpc) is 3.42. The number of hydrogen-bond donors (Lipinski definition) is 1. The first-order valence-corrected chi connectivity index (χ1v) is 12.6. The third-order valence-electron chi connectivity index (χ3n) is 5.72. The molecule has 8 nitrogen and oxygen atoms in total. The zero-order valence-electron chi connectivity index (χ0n) is 20.8. The zero-order valence-corrected chi connectivity index (χ0v) is 21.6. The summed E-state index contributed by atoms with van der Waals surface area (Å²) in [6.45, 7) is 7.53. The van der Waals surface area contributed by atoms with Gasteiger partial charge in [0, 0.05) is 5.56 Å². The summed E-state index contributed by atoms with van der Waals surface area (Å²) in [5.74, 6) is -2.98. The van der Waals surface area contributed by atoms with Gasteiger partial charge in [0.1, 0.15) is 28.8 Å². The number of anilines is 1. The van der Waals surface area contributed by atoms with Gasteiger partial charge in [-0.25, -0.2) is 14.2 Å². The Bertz CT molecular complexity index is 1430. The van der Waals surface area contributed by atoms with Gasteiger partial charge in [-0.05, 0) is 55.3 Å². The second-order valence-electron chi connectivity index (χ2n) is 8.40. The molecule has 4 rings (SSSR count). The molecule has 1 atom stereocenters. The van der Waals surface area contributed by atoms with E-state index in [1.54, 1.807) is 31.2 Å². The summed E-state index contributed by atoms with van der Waals surface area (Å²) < 4.78 is 24.4. The molecular weight excluding hydrogens is 511 g/mol.